The molecule has 0 bridgehead atoms. The first kappa shape index (κ1) is 21.2. The lowest BCUT2D eigenvalue weighted by molar-refractivity contribution is 0.0984. The standard InChI is InChI=1S/C22H30N4O2S/c1-7-26(6)13-23-19-10-16(5)20(11-15(19)4)24-17-8-9-21-18(12-17)22(27)25-29(21,28)14(2)3/h8-14,24,28H,7H2,1-6H3,(H,25,27). The van der Waals surface area contributed by atoms with E-state index < -0.39 is 10.5 Å². The van der Waals surface area contributed by atoms with Crippen LogP contribution in [0.2, 0.25) is 0 Å². The third kappa shape index (κ3) is 4.11. The van der Waals surface area contributed by atoms with Gasteiger partial charge in [-0.3, -0.25) is 9.52 Å². The zero-order valence-electron chi connectivity index (χ0n) is 17.9. The highest BCUT2D eigenvalue weighted by atomic mass is 32.3. The summed E-state index contributed by atoms with van der Waals surface area (Å²) < 4.78 is 13.7. The van der Waals surface area contributed by atoms with Crippen molar-refractivity contribution in [3.05, 3.63) is 47.0 Å². The normalized spacial score (nSPS) is 20.5. The van der Waals surface area contributed by atoms with E-state index >= 15 is 0 Å². The summed E-state index contributed by atoms with van der Waals surface area (Å²) >= 11 is 0. The molecule has 2 aromatic rings. The van der Waals surface area contributed by atoms with Crippen LogP contribution in [0.15, 0.2) is 40.2 Å². The van der Waals surface area contributed by atoms with Crippen molar-refractivity contribution in [3.63, 3.8) is 0 Å². The maximum Gasteiger partial charge on any atom is 0.262 e. The number of carbonyl (C=O) groups excluding carboxylic acids is 1. The van der Waals surface area contributed by atoms with Gasteiger partial charge in [-0.25, -0.2) is 4.99 Å². The fraction of sp³-hybridized carbons (Fsp3) is 0.364. The second-order valence-electron chi connectivity index (χ2n) is 7.71. The number of hydrogen-bond acceptors (Lipinski definition) is 4. The van der Waals surface area contributed by atoms with Gasteiger partial charge in [0.2, 0.25) is 0 Å². The number of benzene rings is 2. The summed E-state index contributed by atoms with van der Waals surface area (Å²) in [5, 5.41) is 3.36. The van der Waals surface area contributed by atoms with E-state index in [4.69, 9.17) is 0 Å². The van der Waals surface area contributed by atoms with Crippen LogP contribution < -0.4 is 10.0 Å². The number of aryl methyl sites for hydroxylation is 2. The molecule has 1 aliphatic rings. The van der Waals surface area contributed by atoms with Gasteiger partial charge < -0.3 is 14.8 Å². The average molecular weight is 415 g/mol. The third-order valence-electron chi connectivity index (χ3n) is 5.20. The highest BCUT2D eigenvalue weighted by Crippen LogP contribution is 2.57. The maximum atomic E-state index is 12.4. The number of nitrogens with zero attached hydrogens (tertiary/aromatic N) is 2. The Morgan fingerprint density at radius 1 is 1.24 bits per heavy atom. The van der Waals surface area contributed by atoms with Gasteiger partial charge in [0.05, 0.1) is 17.6 Å². The summed E-state index contributed by atoms with van der Waals surface area (Å²) in [5.41, 5.74) is 5.39. The Morgan fingerprint density at radius 3 is 2.62 bits per heavy atom. The van der Waals surface area contributed by atoms with Gasteiger partial charge in [-0.05, 0) is 72.7 Å². The van der Waals surface area contributed by atoms with Crippen molar-refractivity contribution in [2.24, 2.45) is 4.99 Å². The van der Waals surface area contributed by atoms with Gasteiger partial charge in [0.15, 0.2) is 0 Å². The van der Waals surface area contributed by atoms with Crippen LogP contribution in [0.5, 0.6) is 0 Å². The lowest BCUT2D eigenvalue weighted by atomic mass is 10.1. The van der Waals surface area contributed by atoms with Gasteiger partial charge >= 0.3 is 0 Å². The monoisotopic (exact) mass is 414 g/mol. The smallest absolute Gasteiger partial charge is 0.262 e. The molecule has 1 unspecified atom stereocenters. The molecule has 0 saturated heterocycles. The Kier molecular flexibility index (Phi) is 5.91. The van der Waals surface area contributed by atoms with Crippen LogP contribution in [-0.4, -0.2) is 40.5 Å². The minimum Gasteiger partial charge on any atom is -0.366 e. The number of rotatable bonds is 6. The molecule has 0 aliphatic carbocycles. The van der Waals surface area contributed by atoms with Crippen LogP contribution in [0.1, 0.15) is 42.3 Å². The van der Waals surface area contributed by atoms with E-state index in [0.29, 0.717) is 10.5 Å². The quantitative estimate of drug-likeness (QED) is 0.439. The van der Waals surface area contributed by atoms with Crippen LogP contribution in [0.25, 0.3) is 0 Å². The Balaban J connectivity index is 1.88. The summed E-state index contributed by atoms with van der Waals surface area (Å²) in [4.78, 5) is 19.7. The average Bonchev–Trinajstić information content (AvgIpc) is 2.94. The van der Waals surface area contributed by atoms with Gasteiger partial charge in [0, 0.05) is 35.1 Å². The van der Waals surface area contributed by atoms with Crippen molar-refractivity contribution in [1.82, 2.24) is 9.62 Å². The van der Waals surface area contributed by atoms with Crippen LogP contribution >= 0.6 is 10.5 Å². The van der Waals surface area contributed by atoms with E-state index in [2.05, 4.69) is 34.1 Å². The van der Waals surface area contributed by atoms with E-state index in [9.17, 15) is 9.35 Å². The third-order valence-corrected chi connectivity index (χ3v) is 8.09. The largest absolute Gasteiger partial charge is 0.366 e. The van der Waals surface area contributed by atoms with E-state index in [1.807, 2.05) is 64.2 Å². The second kappa shape index (κ2) is 8.08. The first-order valence-electron chi connectivity index (χ1n) is 9.79. The van der Waals surface area contributed by atoms with Crippen LogP contribution in [0, 0.1) is 13.8 Å². The van der Waals surface area contributed by atoms with Gasteiger partial charge in [-0.15, -0.1) is 0 Å². The number of nitrogens with one attached hydrogen (secondary N) is 2. The molecule has 3 rings (SSSR count). The molecule has 1 aliphatic heterocycles. The van der Waals surface area contributed by atoms with Crippen molar-refractivity contribution in [2.45, 2.75) is 44.8 Å². The van der Waals surface area contributed by atoms with Crippen LogP contribution in [0.3, 0.4) is 0 Å². The lowest BCUT2D eigenvalue weighted by Crippen LogP contribution is -2.24. The number of aliphatic imine (C=N–C) groups is 1. The van der Waals surface area contributed by atoms with Crippen molar-refractivity contribution in [1.29, 1.82) is 0 Å². The first-order valence-corrected chi connectivity index (χ1v) is 11.4. The van der Waals surface area contributed by atoms with Gasteiger partial charge in [-0.1, -0.05) is 13.8 Å². The van der Waals surface area contributed by atoms with Crippen molar-refractivity contribution in [2.75, 3.05) is 18.9 Å². The first-order chi connectivity index (χ1) is 13.7. The molecule has 0 radical (unpaired) electrons. The number of hydrogen-bond donors (Lipinski definition) is 3. The predicted octanol–water partition coefficient (Wildman–Crippen LogP) is 5.36. The van der Waals surface area contributed by atoms with Gasteiger partial charge in [0.1, 0.15) is 0 Å². The molecule has 0 saturated carbocycles. The van der Waals surface area contributed by atoms with Gasteiger partial charge in [-0.2, -0.15) is 0 Å². The molecule has 1 heterocycles. The zero-order valence-corrected chi connectivity index (χ0v) is 18.7. The number of carbonyl (C=O) groups is 1. The number of anilines is 2. The Bertz CT molecular complexity index is 974. The Morgan fingerprint density at radius 2 is 1.97 bits per heavy atom. The summed E-state index contributed by atoms with van der Waals surface area (Å²) in [5.74, 6) is -0.215. The molecular formula is C22H30N4O2S. The van der Waals surface area contributed by atoms with Gasteiger partial charge in [0.25, 0.3) is 5.91 Å². The molecule has 7 heteroatoms. The van der Waals surface area contributed by atoms with Crippen molar-refractivity contribution >= 4 is 39.8 Å². The van der Waals surface area contributed by atoms with E-state index in [0.717, 1.165) is 34.7 Å². The molecule has 156 valence electrons. The maximum absolute atomic E-state index is 12.4. The molecule has 6 nitrogen and oxygen atoms in total. The van der Waals surface area contributed by atoms with E-state index in [1.165, 1.54) is 0 Å². The molecule has 29 heavy (non-hydrogen) atoms. The van der Waals surface area contributed by atoms with E-state index in [1.54, 1.807) is 0 Å². The van der Waals surface area contributed by atoms with Crippen molar-refractivity contribution < 1.29 is 9.35 Å². The summed E-state index contributed by atoms with van der Waals surface area (Å²) in [7, 11) is -0.308. The fourth-order valence-corrected chi connectivity index (χ4v) is 5.16. The summed E-state index contributed by atoms with van der Waals surface area (Å²) in [6, 6.07) is 9.70. The van der Waals surface area contributed by atoms with Crippen LogP contribution in [0.4, 0.5) is 17.1 Å². The molecule has 3 N–H and O–H groups in total. The molecule has 0 spiro atoms. The predicted molar refractivity (Wildman–Crippen MR) is 123 cm³/mol. The van der Waals surface area contributed by atoms with E-state index in [-0.39, 0.29) is 11.2 Å². The summed E-state index contributed by atoms with van der Waals surface area (Å²) in [6.45, 7) is 10.9. The van der Waals surface area contributed by atoms with Crippen molar-refractivity contribution in [3.8, 4) is 0 Å². The SMILES string of the molecule is CCN(C)C=Nc1cc(C)c(Nc2ccc3c(c2)C(=O)NS3(O)C(C)C)cc1C. The molecule has 0 fully saturated rings. The molecule has 1 atom stereocenters. The highest BCUT2D eigenvalue weighted by molar-refractivity contribution is 8.28. The molecule has 1 amide bonds. The minimum absolute atomic E-state index is 0.0451. The Hall–Kier alpha value is -2.51. The van der Waals surface area contributed by atoms with Crippen LogP contribution in [-0.2, 0) is 0 Å². The Labute approximate surface area is 174 Å². The summed E-state index contributed by atoms with van der Waals surface area (Å²) in [6.07, 6.45) is 1.84. The minimum atomic E-state index is -2.30. The topological polar surface area (TPSA) is 77.0 Å². The number of amides is 1. The highest BCUT2D eigenvalue weighted by Gasteiger charge is 2.39. The zero-order chi connectivity index (χ0) is 21.3. The molecule has 2 aromatic carbocycles. The fourth-order valence-electron chi connectivity index (χ4n) is 3.15. The number of fused-ring (bicyclic) bond motifs is 1. The molecular weight excluding hydrogens is 384 g/mol. The lowest BCUT2D eigenvalue weighted by Gasteiger charge is -2.33. The molecule has 0 aromatic heterocycles. The second-order valence-corrected chi connectivity index (χ2v) is 10.6.